The summed E-state index contributed by atoms with van der Waals surface area (Å²) >= 11 is 0. The van der Waals surface area contributed by atoms with Crippen molar-refractivity contribution in [1.82, 2.24) is 5.32 Å². The molecule has 0 spiro atoms. The van der Waals surface area contributed by atoms with E-state index in [-0.39, 0.29) is 11.6 Å². The molecule has 0 radical (unpaired) electrons. The SMILES string of the molecule is CC(C)(C)OC(=O)NCC(N=Cc1ccccc1)C1=C[NH+]([O-])c2ccc(F)cc21. The van der Waals surface area contributed by atoms with E-state index in [2.05, 4.69) is 10.3 Å². The minimum Gasteiger partial charge on any atom is -0.624 e. The Bertz CT molecular complexity index is 936. The number of hydrogen-bond acceptors (Lipinski definition) is 4. The van der Waals surface area contributed by atoms with Crippen molar-refractivity contribution in [2.45, 2.75) is 32.4 Å². The van der Waals surface area contributed by atoms with Crippen molar-refractivity contribution < 1.29 is 19.0 Å². The number of carbonyl (C=O) groups excluding carboxylic acids is 1. The number of fused-ring (bicyclic) bond motifs is 1. The van der Waals surface area contributed by atoms with Crippen molar-refractivity contribution >= 4 is 23.6 Å². The highest BCUT2D eigenvalue weighted by atomic mass is 19.1. The van der Waals surface area contributed by atoms with Gasteiger partial charge in [0, 0.05) is 30.0 Å². The molecule has 6 nitrogen and oxygen atoms in total. The van der Waals surface area contributed by atoms with Crippen molar-refractivity contribution in [1.29, 1.82) is 0 Å². The second-order valence-electron chi connectivity index (χ2n) is 7.74. The summed E-state index contributed by atoms with van der Waals surface area (Å²) in [6.07, 6.45) is 2.54. The molecule has 7 heteroatoms. The summed E-state index contributed by atoms with van der Waals surface area (Å²) in [7, 11) is 0. The predicted octanol–water partition coefficient (Wildman–Crippen LogP) is 3.21. The van der Waals surface area contributed by atoms with Gasteiger partial charge in [-0.15, -0.1) is 0 Å². The molecule has 3 rings (SSSR count). The Balaban J connectivity index is 1.86. The highest BCUT2D eigenvalue weighted by Gasteiger charge is 2.29. The molecule has 2 atom stereocenters. The molecule has 29 heavy (non-hydrogen) atoms. The lowest BCUT2D eigenvalue weighted by Gasteiger charge is -2.21. The zero-order valence-electron chi connectivity index (χ0n) is 16.6. The first-order chi connectivity index (χ1) is 13.7. The molecule has 1 aliphatic rings. The summed E-state index contributed by atoms with van der Waals surface area (Å²) < 4.78 is 19.1. The number of quaternary nitrogens is 1. The van der Waals surface area contributed by atoms with Gasteiger partial charge in [0.05, 0.1) is 6.04 Å². The Labute approximate surface area is 169 Å². The molecule has 1 aliphatic heterocycles. The molecular weight excluding hydrogens is 373 g/mol. The molecule has 1 amide bonds. The van der Waals surface area contributed by atoms with Crippen LogP contribution in [0, 0.1) is 11.0 Å². The number of benzene rings is 2. The standard InChI is InChI=1S/C22H24FN3O3/c1-22(2,3)29-21(27)25-13-19(24-12-15-7-5-4-6-8-15)18-14-26(28)20-10-9-16(23)11-17(18)20/h4-12,14,19,26H,13H2,1-3H3,(H,25,27). The quantitative estimate of drug-likeness (QED) is 0.601. The molecule has 2 aromatic carbocycles. The number of amides is 1. The molecule has 2 N–H and O–H groups in total. The first-order valence-corrected chi connectivity index (χ1v) is 9.34. The maximum atomic E-state index is 13.8. The van der Waals surface area contributed by atoms with E-state index in [1.807, 2.05) is 30.3 Å². The molecule has 0 aliphatic carbocycles. The van der Waals surface area contributed by atoms with Gasteiger partial charge in [0.1, 0.15) is 23.3 Å². The lowest BCUT2D eigenvalue weighted by atomic mass is 10.00. The fraction of sp³-hybridized carbons (Fsp3) is 0.273. The fourth-order valence-corrected chi connectivity index (χ4v) is 2.99. The van der Waals surface area contributed by atoms with E-state index in [1.54, 1.807) is 27.0 Å². The van der Waals surface area contributed by atoms with Crippen LogP contribution in [-0.4, -0.2) is 30.5 Å². The average molecular weight is 397 g/mol. The van der Waals surface area contributed by atoms with E-state index < -0.39 is 23.6 Å². The minimum absolute atomic E-state index is 0.104. The molecule has 0 aromatic heterocycles. The Hall–Kier alpha value is -3.03. The number of nitrogens with zero attached hydrogens (tertiary/aromatic N) is 1. The van der Waals surface area contributed by atoms with Gasteiger partial charge in [-0.1, -0.05) is 30.3 Å². The lowest BCUT2D eigenvalue weighted by Crippen LogP contribution is -2.95. The van der Waals surface area contributed by atoms with Crippen LogP contribution in [0.25, 0.3) is 5.57 Å². The predicted molar refractivity (Wildman–Crippen MR) is 110 cm³/mol. The van der Waals surface area contributed by atoms with E-state index in [4.69, 9.17) is 4.74 Å². The first kappa shape index (κ1) is 20.7. The summed E-state index contributed by atoms with van der Waals surface area (Å²) in [5, 5.41) is 14.8. The Morgan fingerprint density at radius 2 is 2.00 bits per heavy atom. The topological polar surface area (TPSA) is 78.2 Å². The van der Waals surface area contributed by atoms with Gasteiger partial charge in [-0.05, 0) is 38.5 Å². The number of nitrogens with one attached hydrogen (secondary N) is 2. The number of ether oxygens (including phenoxy) is 1. The zero-order valence-corrected chi connectivity index (χ0v) is 16.6. The van der Waals surface area contributed by atoms with E-state index in [1.165, 1.54) is 24.4 Å². The van der Waals surface area contributed by atoms with Crippen LogP contribution < -0.4 is 10.4 Å². The van der Waals surface area contributed by atoms with E-state index in [0.29, 0.717) is 16.8 Å². The Morgan fingerprint density at radius 1 is 1.28 bits per heavy atom. The highest BCUT2D eigenvalue weighted by molar-refractivity contribution is 5.84. The van der Waals surface area contributed by atoms with E-state index in [0.717, 1.165) is 5.56 Å². The van der Waals surface area contributed by atoms with Crippen LogP contribution in [0.15, 0.2) is 59.7 Å². The molecule has 0 bridgehead atoms. The normalized spacial score (nSPS) is 17.0. The molecule has 0 fully saturated rings. The Morgan fingerprint density at radius 3 is 2.69 bits per heavy atom. The highest BCUT2D eigenvalue weighted by Crippen LogP contribution is 2.30. The van der Waals surface area contributed by atoms with Crippen LogP contribution >= 0.6 is 0 Å². The summed E-state index contributed by atoms with van der Waals surface area (Å²) in [4.78, 5) is 16.7. The monoisotopic (exact) mass is 397 g/mol. The van der Waals surface area contributed by atoms with Gasteiger partial charge in [-0.3, -0.25) is 4.99 Å². The van der Waals surface area contributed by atoms with Crippen LogP contribution in [0.5, 0.6) is 0 Å². The van der Waals surface area contributed by atoms with Gasteiger partial charge in [0.15, 0.2) is 0 Å². The summed E-state index contributed by atoms with van der Waals surface area (Å²) in [6, 6.07) is 12.9. The van der Waals surface area contributed by atoms with Gasteiger partial charge >= 0.3 is 6.09 Å². The van der Waals surface area contributed by atoms with Crippen LogP contribution in [-0.2, 0) is 4.74 Å². The molecule has 2 unspecified atom stereocenters. The van der Waals surface area contributed by atoms with Crippen LogP contribution in [0.1, 0.15) is 31.9 Å². The fourth-order valence-electron chi connectivity index (χ4n) is 2.99. The number of hydrogen-bond donors (Lipinski definition) is 2. The van der Waals surface area contributed by atoms with Crippen molar-refractivity contribution in [3.05, 3.63) is 76.9 Å². The smallest absolute Gasteiger partial charge is 0.407 e. The summed E-state index contributed by atoms with van der Waals surface area (Å²) in [5.41, 5.74) is 1.73. The second-order valence-corrected chi connectivity index (χ2v) is 7.74. The van der Waals surface area contributed by atoms with Gasteiger partial charge in [0.2, 0.25) is 0 Å². The number of hydroxylamine groups is 1. The maximum Gasteiger partial charge on any atom is 0.407 e. The average Bonchev–Trinajstić information content (AvgIpc) is 2.97. The molecule has 1 heterocycles. The number of alkyl carbamates (subject to hydrolysis) is 1. The number of carbonyl (C=O) groups is 1. The molecular formula is C22H24FN3O3. The second kappa shape index (κ2) is 8.55. The van der Waals surface area contributed by atoms with Crippen molar-refractivity contribution in [3.8, 4) is 0 Å². The first-order valence-electron chi connectivity index (χ1n) is 9.34. The molecule has 0 saturated heterocycles. The van der Waals surface area contributed by atoms with Gasteiger partial charge in [-0.25, -0.2) is 9.18 Å². The Kier molecular flexibility index (Phi) is 6.10. The van der Waals surface area contributed by atoms with Crippen molar-refractivity contribution in [2.24, 2.45) is 4.99 Å². The maximum absolute atomic E-state index is 13.8. The molecule has 0 saturated carbocycles. The number of rotatable bonds is 5. The third-order valence-corrected chi connectivity index (χ3v) is 4.25. The zero-order chi connectivity index (χ0) is 21.0. The van der Waals surface area contributed by atoms with E-state index in [9.17, 15) is 14.4 Å². The minimum atomic E-state index is -0.634. The van der Waals surface area contributed by atoms with Gasteiger partial charge < -0.3 is 20.3 Å². The number of aliphatic imine (C=N–C) groups is 1. The van der Waals surface area contributed by atoms with Gasteiger partial charge in [-0.2, -0.15) is 0 Å². The van der Waals surface area contributed by atoms with Crippen LogP contribution in [0.3, 0.4) is 0 Å². The third-order valence-electron chi connectivity index (χ3n) is 4.25. The van der Waals surface area contributed by atoms with Crippen LogP contribution in [0.2, 0.25) is 0 Å². The molecule has 152 valence electrons. The van der Waals surface area contributed by atoms with E-state index >= 15 is 0 Å². The van der Waals surface area contributed by atoms with Crippen LogP contribution in [0.4, 0.5) is 14.9 Å². The van der Waals surface area contributed by atoms with Crippen molar-refractivity contribution in [2.75, 3.05) is 6.54 Å². The number of halogens is 1. The molecule has 2 aromatic rings. The third kappa shape index (κ3) is 5.49. The summed E-state index contributed by atoms with van der Waals surface area (Å²) in [5.74, 6) is -0.435. The lowest BCUT2D eigenvalue weighted by molar-refractivity contribution is -0.710. The van der Waals surface area contributed by atoms with Crippen molar-refractivity contribution in [3.63, 3.8) is 0 Å². The summed E-state index contributed by atoms with van der Waals surface area (Å²) in [6.45, 7) is 5.42. The largest absolute Gasteiger partial charge is 0.624 e. The van der Waals surface area contributed by atoms with Gasteiger partial charge in [0.25, 0.3) is 0 Å².